The van der Waals surface area contributed by atoms with Crippen LogP contribution in [0.1, 0.15) is 13.3 Å². The summed E-state index contributed by atoms with van der Waals surface area (Å²) in [5.41, 5.74) is 23.9. The molecule has 3 fully saturated rings. The molecule has 1 saturated carbocycles. The summed E-state index contributed by atoms with van der Waals surface area (Å²) in [5.74, 6) is 0. The van der Waals surface area contributed by atoms with Gasteiger partial charge >= 0.3 is 0 Å². The normalized spacial score (nSPS) is 53.3. The Balaban J connectivity index is 1.78. The summed E-state index contributed by atoms with van der Waals surface area (Å²) in [6.07, 6.45) is -13.9. The van der Waals surface area contributed by atoms with Crippen LogP contribution in [-0.4, -0.2) is 129 Å². The maximum Gasteiger partial charge on any atom is 0.187 e. The molecule has 0 spiro atoms. The Kier molecular flexibility index (Phi) is 8.44. The van der Waals surface area contributed by atoms with Gasteiger partial charge in [-0.3, -0.25) is 0 Å². The second-order valence-electron chi connectivity index (χ2n) is 8.85. The number of nitrogens with two attached hydrogens (primary N) is 4. The fourth-order valence-electron chi connectivity index (χ4n) is 4.36. The van der Waals surface area contributed by atoms with E-state index in [4.69, 9.17) is 41.9 Å². The van der Waals surface area contributed by atoms with Gasteiger partial charge in [-0.15, -0.1) is 0 Å². The highest BCUT2D eigenvalue weighted by Crippen LogP contribution is 2.32. The smallest absolute Gasteiger partial charge is 0.187 e. The maximum absolute atomic E-state index is 10.7. The molecule has 0 radical (unpaired) electrons. The van der Waals surface area contributed by atoms with Crippen LogP contribution < -0.4 is 22.9 Å². The Bertz CT molecular complexity index is 618. The quantitative estimate of drug-likeness (QED) is 0.174. The second kappa shape index (κ2) is 10.4. The lowest BCUT2D eigenvalue weighted by Gasteiger charge is -2.47. The van der Waals surface area contributed by atoms with Gasteiger partial charge in [0.2, 0.25) is 0 Å². The number of aliphatic hydroxyl groups is 6. The van der Waals surface area contributed by atoms with Gasteiger partial charge in [0.25, 0.3) is 0 Å². The standard InChI is InChI=1S/C18H36N4O10/c1-4(19)14-12(27)13(28)18(30-14)32-16-9(24)5(20)2-6(21)15(16)31-17-8(22)11(26)10(25)7(3-23)29-17/h4-18,23-28H,2-3,19-22H2,1H3/t4-,5+,6?,7?,8-,9+,10+,11?,12+,13?,14+,15+,16?,17+,18-/m0/s1. The number of ether oxygens (including phenoxy) is 4. The van der Waals surface area contributed by atoms with E-state index in [-0.39, 0.29) is 6.42 Å². The topological polar surface area (TPSA) is 262 Å². The van der Waals surface area contributed by atoms with E-state index in [0.29, 0.717) is 0 Å². The van der Waals surface area contributed by atoms with E-state index in [1.165, 1.54) is 0 Å². The highest BCUT2D eigenvalue weighted by molar-refractivity contribution is 5.01. The van der Waals surface area contributed by atoms with E-state index >= 15 is 0 Å². The number of hydrogen-bond donors (Lipinski definition) is 10. The van der Waals surface area contributed by atoms with Crippen molar-refractivity contribution >= 4 is 0 Å². The molecule has 0 aromatic carbocycles. The van der Waals surface area contributed by atoms with E-state index in [0.717, 1.165) is 0 Å². The van der Waals surface area contributed by atoms with Crippen LogP contribution in [0.4, 0.5) is 0 Å². The van der Waals surface area contributed by atoms with Crippen LogP contribution in [0.5, 0.6) is 0 Å². The maximum atomic E-state index is 10.7. The third-order valence-electron chi connectivity index (χ3n) is 6.35. The van der Waals surface area contributed by atoms with Gasteiger partial charge in [0.15, 0.2) is 12.6 Å². The van der Waals surface area contributed by atoms with Crippen molar-refractivity contribution in [1.82, 2.24) is 0 Å². The van der Waals surface area contributed by atoms with E-state index < -0.39 is 98.3 Å². The summed E-state index contributed by atoms with van der Waals surface area (Å²) in [7, 11) is 0. The van der Waals surface area contributed by atoms with Gasteiger partial charge in [0.1, 0.15) is 48.8 Å². The lowest BCUT2D eigenvalue weighted by atomic mass is 9.84. The van der Waals surface area contributed by atoms with Crippen LogP contribution in [0.25, 0.3) is 0 Å². The third kappa shape index (κ3) is 4.94. The Hall–Kier alpha value is -0.560. The molecular weight excluding hydrogens is 432 g/mol. The molecule has 5 unspecified atom stereocenters. The van der Waals surface area contributed by atoms with Crippen molar-refractivity contribution in [3.05, 3.63) is 0 Å². The third-order valence-corrected chi connectivity index (χ3v) is 6.35. The number of aliphatic hydroxyl groups excluding tert-OH is 6. The molecule has 3 aliphatic rings. The Morgan fingerprint density at radius 3 is 2.00 bits per heavy atom. The molecular formula is C18H36N4O10. The molecule has 0 aromatic rings. The minimum absolute atomic E-state index is 0.140. The summed E-state index contributed by atoms with van der Waals surface area (Å²) in [5, 5.41) is 60.8. The molecule has 14 nitrogen and oxygen atoms in total. The molecule has 2 aliphatic heterocycles. The van der Waals surface area contributed by atoms with Crippen molar-refractivity contribution in [1.29, 1.82) is 0 Å². The monoisotopic (exact) mass is 468 g/mol. The zero-order chi connectivity index (χ0) is 23.9. The molecule has 32 heavy (non-hydrogen) atoms. The van der Waals surface area contributed by atoms with Crippen molar-refractivity contribution in [2.45, 2.75) is 105 Å². The predicted octanol–water partition coefficient (Wildman–Crippen LogP) is -6.26. The Labute approximate surface area is 185 Å². The van der Waals surface area contributed by atoms with Crippen LogP contribution in [-0.2, 0) is 18.9 Å². The largest absolute Gasteiger partial charge is 0.394 e. The number of rotatable bonds is 6. The van der Waals surface area contributed by atoms with E-state index in [9.17, 15) is 30.6 Å². The van der Waals surface area contributed by atoms with Crippen LogP contribution in [0, 0.1) is 0 Å². The molecule has 2 heterocycles. The summed E-state index contributed by atoms with van der Waals surface area (Å²) in [6.45, 7) is 0.989. The first-order chi connectivity index (χ1) is 15.0. The lowest BCUT2D eigenvalue weighted by Crippen LogP contribution is -2.68. The molecule has 1 aliphatic carbocycles. The minimum atomic E-state index is -1.46. The van der Waals surface area contributed by atoms with Crippen LogP contribution in [0.3, 0.4) is 0 Å². The Morgan fingerprint density at radius 2 is 1.44 bits per heavy atom. The molecule has 3 rings (SSSR count). The van der Waals surface area contributed by atoms with Gasteiger partial charge in [0, 0.05) is 18.1 Å². The lowest BCUT2D eigenvalue weighted by molar-refractivity contribution is -0.310. The van der Waals surface area contributed by atoms with Crippen LogP contribution in [0.2, 0.25) is 0 Å². The average Bonchev–Trinajstić information content (AvgIpc) is 3.03. The van der Waals surface area contributed by atoms with Gasteiger partial charge in [-0.25, -0.2) is 0 Å². The Morgan fingerprint density at radius 1 is 0.812 bits per heavy atom. The molecule has 2 saturated heterocycles. The molecule has 0 amide bonds. The highest BCUT2D eigenvalue weighted by Gasteiger charge is 2.52. The van der Waals surface area contributed by atoms with Crippen molar-refractivity contribution in [2.24, 2.45) is 22.9 Å². The first kappa shape index (κ1) is 26.1. The van der Waals surface area contributed by atoms with E-state index in [2.05, 4.69) is 0 Å². The summed E-state index contributed by atoms with van der Waals surface area (Å²) in [4.78, 5) is 0. The van der Waals surface area contributed by atoms with Gasteiger partial charge in [-0.1, -0.05) is 0 Å². The zero-order valence-corrected chi connectivity index (χ0v) is 17.7. The van der Waals surface area contributed by atoms with Crippen molar-refractivity contribution in [3.63, 3.8) is 0 Å². The van der Waals surface area contributed by atoms with Gasteiger partial charge in [0.05, 0.1) is 18.8 Å². The van der Waals surface area contributed by atoms with Crippen LogP contribution in [0.15, 0.2) is 0 Å². The van der Waals surface area contributed by atoms with E-state index in [1.54, 1.807) is 6.92 Å². The first-order valence-corrected chi connectivity index (χ1v) is 10.6. The van der Waals surface area contributed by atoms with Gasteiger partial charge < -0.3 is 72.5 Å². The summed E-state index contributed by atoms with van der Waals surface area (Å²) < 4.78 is 22.7. The fourth-order valence-corrected chi connectivity index (χ4v) is 4.36. The first-order valence-electron chi connectivity index (χ1n) is 10.6. The summed E-state index contributed by atoms with van der Waals surface area (Å²) >= 11 is 0. The fraction of sp³-hybridized carbons (Fsp3) is 1.00. The van der Waals surface area contributed by atoms with Crippen LogP contribution >= 0.6 is 0 Å². The van der Waals surface area contributed by atoms with Crippen molar-refractivity contribution in [3.8, 4) is 0 Å². The molecule has 15 atom stereocenters. The molecule has 188 valence electrons. The second-order valence-corrected chi connectivity index (χ2v) is 8.85. The highest BCUT2D eigenvalue weighted by atomic mass is 16.7. The molecule has 0 aromatic heterocycles. The predicted molar refractivity (Wildman–Crippen MR) is 106 cm³/mol. The van der Waals surface area contributed by atoms with E-state index in [1.807, 2.05) is 0 Å². The van der Waals surface area contributed by atoms with Gasteiger partial charge in [-0.05, 0) is 13.3 Å². The SMILES string of the molecule is C[C@H](N)[C@H]1O[C@@H](OC2[C@H](O[C@H]3OC(CO)[C@@H](O)C(O)[C@@H]3N)C(N)C[C@@H](N)[C@H]2O)C(O)[C@H]1O. The molecule has 0 bridgehead atoms. The number of hydrogen-bond acceptors (Lipinski definition) is 14. The zero-order valence-electron chi connectivity index (χ0n) is 17.7. The minimum Gasteiger partial charge on any atom is -0.394 e. The van der Waals surface area contributed by atoms with Crippen molar-refractivity contribution in [2.75, 3.05) is 6.61 Å². The summed E-state index contributed by atoms with van der Waals surface area (Å²) in [6, 6.07) is -3.39. The van der Waals surface area contributed by atoms with Gasteiger partial charge in [-0.2, -0.15) is 0 Å². The average molecular weight is 469 g/mol. The van der Waals surface area contributed by atoms with Crippen molar-refractivity contribution < 1.29 is 49.6 Å². The molecule has 14 heteroatoms. The molecule has 14 N–H and O–H groups in total.